The average molecular weight is 280 g/mol. The van der Waals surface area contributed by atoms with Crippen LogP contribution in [0.5, 0.6) is 0 Å². The molecule has 0 radical (unpaired) electrons. The third kappa shape index (κ3) is 4.42. The first-order valence-corrected chi connectivity index (χ1v) is 6.55. The van der Waals surface area contributed by atoms with Gasteiger partial charge in [0.2, 0.25) is 5.91 Å². The molecule has 1 aromatic rings. The minimum absolute atomic E-state index is 0.0119. The second-order valence-electron chi connectivity index (χ2n) is 4.24. The van der Waals surface area contributed by atoms with Crippen molar-refractivity contribution in [2.24, 2.45) is 0 Å². The van der Waals surface area contributed by atoms with Gasteiger partial charge in [0, 0.05) is 26.6 Å². The van der Waals surface area contributed by atoms with Crippen molar-refractivity contribution in [3.63, 3.8) is 0 Å². The number of carbonyl (C=O) groups is 1. The summed E-state index contributed by atoms with van der Waals surface area (Å²) >= 11 is 0. The van der Waals surface area contributed by atoms with Crippen LogP contribution in [0, 0.1) is 10.1 Å². The van der Waals surface area contributed by atoms with Crippen LogP contribution in [0.15, 0.2) is 18.2 Å². The Hall–Kier alpha value is -2.31. The number of amides is 1. The van der Waals surface area contributed by atoms with Gasteiger partial charge in [-0.15, -0.1) is 0 Å². The van der Waals surface area contributed by atoms with E-state index in [1.165, 1.54) is 0 Å². The third-order valence-corrected chi connectivity index (χ3v) is 2.73. The first-order valence-electron chi connectivity index (χ1n) is 6.55. The predicted molar refractivity (Wildman–Crippen MR) is 79.1 cm³/mol. The van der Waals surface area contributed by atoms with Crippen molar-refractivity contribution in [2.45, 2.75) is 19.8 Å². The Morgan fingerprint density at radius 2 is 1.85 bits per heavy atom. The van der Waals surface area contributed by atoms with Crippen molar-refractivity contribution in [2.75, 3.05) is 30.8 Å². The maximum absolute atomic E-state index is 11.2. The predicted octanol–water partition coefficient (Wildman–Crippen LogP) is 1.96. The van der Waals surface area contributed by atoms with Gasteiger partial charge in [0.1, 0.15) is 11.4 Å². The van der Waals surface area contributed by atoms with E-state index in [0.717, 1.165) is 6.42 Å². The van der Waals surface area contributed by atoms with Crippen LogP contribution < -0.4 is 16.0 Å². The summed E-state index contributed by atoms with van der Waals surface area (Å²) in [5, 5.41) is 19.7. The molecular weight excluding hydrogens is 260 g/mol. The highest BCUT2D eigenvalue weighted by molar-refractivity contribution is 5.78. The zero-order valence-electron chi connectivity index (χ0n) is 11.7. The molecule has 0 saturated heterocycles. The second kappa shape index (κ2) is 7.98. The minimum atomic E-state index is -0.416. The van der Waals surface area contributed by atoms with Crippen LogP contribution in [-0.4, -0.2) is 31.0 Å². The molecule has 0 heterocycles. The molecule has 0 aliphatic rings. The van der Waals surface area contributed by atoms with Crippen LogP contribution >= 0.6 is 0 Å². The molecule has 7 nitrogen and oxygen atoms in total. The lowest BCUT2D eigenvalue weighted by Crippen LogP contribution is -2.21. The summed E-state index contributed by atoms with van der Waals surface area (Å²) in [6, 6.07) is 5.06. The lowest BCUT2D eigenvalue weighted by molar-refractivity contribution is -0.383. The van der Waals surface area contributed by atoms with Crippen molar-refractivity contribution in [3.8, 4) is 0 Å². The Kier molecular flexibility index (Phi) is 6.28. The van der Waals surface area contributed by atoms with Crippen molar-refractivity contribution >= 4 is 23.0 Å². The van der Waals surface area contributed by atoms with E-state index in [9.17, 15) is 14.9 Å². The fourth-order valence-electron chi connectivity index (χ4n) is 1.72. The Morgan fingerprint density at radius 3 is 2.35 bits per heavy atom. The molecule has 0 aliphatic heterocycles. The molecule has 0 unspecified atom stereocenters. The number of para-hydroxylation sites is 1. The average Bonchev–Trinajstić information content (AvgIpc) is 2.44. The molecular formula is C13H20N4O3. The van der Waals surface area contributed by atoms with E-state index in [0.29, 0.717) is 24.5 Å². The number of nitrogens with one attached hydrogen (secondary N) is 3. The van der Waals surface area contributed by atoms with Crippen molar-refractivity contribution < 1.29 is 9.72 Å². The maximum Gasteiger partial charge on any atom is 0.315 e. The van der Waals surface area contributed by atoms with Gasteiger partial charge in [0.25, 0.3) is 0 Å². The lowest BCUT2D eigenvalue weighted by Gasteiger charge is -2.11. The summed E-state index contributed by atoms with van der Waals surface area (Å²) in [5.74, 6) is -0.111. The van der Waals surface area contributed by atoms with Crippen LogP contribution in [0.25, 0.3) is 0 Å². The van der Waals surface area contributed by atoms with Crippen LogP contribution in [0.3, 0.4) is 0 Å². The Bertz CT molecular complexity index is 477. The molecule has 0 bridgehead atoms. The highest BCUT2D eigenvalue weighted by atomic mass is 16.6. The molecule has 1 aromatic carbocycles. The molecule has 0 saturated carbocycles. The molecule has 20 heavy (non-hydrogen) atoms. The largest absolute Gasteiger partial charge is 0.379 e. The number of nitro benzene ring substituents is 1. The standard InChI is InChI=1S/C13H20N4O3/c1-3-8-15-10-5-4-6-11(13(10)17(19)20)16-9-7-12(18)14-2/h4-6,15-16H,3,7-9H2,1-2H3,(H,14,18). The molecule has 7 heteroatoms. The number of benzene rings is 1. The Balaban J connectivity index is 2.83. The van der Waals surface area contributed by atoms with E-state index in [4.69, 9.17) is 0 Å². The highest BCUT2D eigenvalue weighted by Gasteiger charge is 2.19. The number of anilines is 2. The van der Waals surface area contributed by atoms with Crippen LogP contribution in [0.2, 0.25) is 0 Å². The Labute approximate surface area is 117 Å². The number of carbonyl (C=O) groups excluding carboxylic acids is 1. The first-order chi connectivity index (χ1) is 9.60. The second-order valence-corrected chi connectivity index (χ2v) is 4.24. The van der Waals surface area contributed by atoms with E-state index < -0.39 is 4.92 Å². The zero-order valence-corrected chi connectivity index (χ0v) is 11.7. The molecule has 0 aliphatic carbocycles. The van der Waals surface area contributed by atoms with Gasteiger partial charge < -0.3 is 16.0 Å². The summed E-state index contributed by atoms with van der Waals surface area (Å²) in [6.45, 7) is 3.00. The minimum Gasteiger partial charge on any atom is -0.379 e. The molecule has 0 spiro atoms. The number of nitro groups is 1. The van der Waals surface area contributed by atoms with Crippen LogP contribution in [-0.2, 0) is 4.79 Å². The molecule has 3 N–H and O–H groups in total. The fraction of sp³-hybridized carbons (Fsp3) is 0.462. The van der Waals surface area contributed by atoms with Gasteiger partial charge in [-0.25, -0.2) is 0 Å². The van der Waals surface area contributed by atoms with Gasteiger partial charge >= 0.3 is 5.69 Å². The highest BCUT2D eigenvalue weighted by Crippen LogP contribution is 2.32. The topological polar surface area (TPSA) is 96.3 Å². The lowest BCUT2D eigenvalue weighted by atomic mass is 10.2. The van der Waals surface area contributed by atoms with E-state index in [1.54, 1.807) is 25.2 Å². The number of hydrogen-bond acceptors (Lipinski definition) is 5. The van der Waals surface area contributed by atoms with Gasteiger partial charge in [-0.05, 0) is 18.6 Å². The molecule has 0 atom stereocenters. The zero-order chi connectivity index (χ0) is 15.0. The third-order valence-electron chi connectivity index (χ3n) is 2.73. The summed E-state index contributed by atoms with van der Waals surface area (Å²) < 4.78 is 0. The van der Waals surface area contributed by atoms with Gasteiger partial charge in [-0.3, -0.25) is 14.9 Å². The number of nitrogens with zero attached hydrogens (tertiary/aromatic N) is 1. The molecule has 1 rings (SSSR count). The summed E-state index contributed by atoms with van der Waals surface area (Å²) in [4.78, 5) is 21.9. The van der Waals surface area contributed by atoms with Gasteiger partial charge in [0.05, 0.1) is 4.92 Å². The smallest absolute Gasteiger partial charge is 0.315 e. The number of hydrogen-bond donors (Lipinski definition) is 3. The molecule has 0 fully saturated rings. The molecule has 0 aromatic heterocycles. The summed E-state index contributed by atoms with van der Waals surface area (Å²) in [7, 11) is 1.56. The first kappa shape index (κ1) is 15.7. The SMILES string of the molecule is CCCNc1cccc(NCCC(=O)NC)c1[N+](=O)[O-]. The quantitative estimate of drug-likeness (QED) is 0.499. The van der Waals surface area contributed by atoms with Crippen LogP contribution in [0.4, 0.5) is 17.1 Å². The van der Waals surface area contributed by atoms with Gasteiger partial charge in [-0.1, -0.05) is 13.0 Å². The van der Waals surface area contributed by atoms with Crippen LogP contribution in [0.1, 0.15) is 19.8 Å². The van der Waals surface area contributed by atoms with E-state index in [1.807, 2.05) is 6.92 Å². The van der Waals surface area contributed by atoms with Crippen molar-refractivity contribution in [3.05, 3.63) is 28.3 Å². The maximum atomic E-state index is 11.2. The van der Waals surface area contributed by atoms with Gasteiger partial charge in [-0.2, -0.15) is 0 Å². The Morgan fingerprint density at radius 1 is 1.25 bits per heavy atom. The monoisotopic (exact) mass is 280 g/mol. The van der Waals surface area contributed by atoms with E-state index >= 15 is 0 Å². The molecule has 1 amide bonds. The molecule has 110 valence electrons. The van der Waals surface area contributed by atoms with E-state index in [-0.39, 0.29) is 18.0 Å². The summed E-state index contributed by atoms with van der Waals surface area (Å²) in [5.41, 5.74) is 0.916. The normalized spacial score (nSPS) is 9.90. The fourth-order valence-corrected chi connectivity index (χ4v) is 1.72. The number of rotatable bonds is 8. The van der Waals surface area contributed by atoms with Crippen molar-refractivity contribution in [1.82, 2.24) is 5.32 Å². The van der Waals surface area contributed by atoms with Gasteiger partial charge in [0.15, 0.2) is 0 Å². The summed E-state index contributed by atoms with van der Waals surface area (Å²) in [6.07, 6.45) is 1.14. The van der Waals surface area contributed by atoms with E-state index in [2.05, 4.69) is 16.0 Å². The van der Waals surface area contributed by atoms with Crippen molar-refractivity contribution in [1.29, 1.82) is 0 Å².